The Morgan fingerprint density at radius 3 is 2.60 bits per heavy atom. The lowest BCUT2D eigenvalue weighted by molar-refractivity contribution is 0.349. The molecule has 0 aromatic carbocycles. The van der Waals surface area contributed by atoms with Crippen LogP contribution in [0.25, 0.3) is 0 Å². The van der Waals surface area contributed by atoms with Gasteiger partial charge in [-0.1, -0.05) is 12.7 Å². The molecule has 56 valence electrons. The molecule has 3 heteroatoms. The van der Waals surface area contributed by atoms with E-state index in [1.54, 1.807) is 0 Å². The molecule has 4 unspecified atom stereocenters. The largest absolute Gasteiger partial charge is 0.313 e. The highest BCUT2D eigenvalue weighted by Gasteiger charge is 2.29. The SMILES string of the molecule is [B]C1C(C)CNC(C)C1Cl. The van der Waals surface area contributed by atoms with Crippen molar-refractivity contribution in [1.29, 1.82) is 0 Å². The highest BCUT2D eigenvalue weighted by Crippen LogP contribution is 2.28. The second-order valence-corrected chi connectivity index (χ2v) is 3.70. The summed E-state index contributed by atoms with van der Waals surface area (Å²) < 4.78 is 0. The average molecular weight is 157 g/mol. The number of nitrogens with one attached hydrogen (secondary N) is 1. The van der Waals surface area contributed by atoms with E-state index in [9.17, 15) is 0 Å². The number of rotatable bonds is 0. The summed E-state index contributed by atoms with van der Waals surface area (Å²) in [5, 5.41) is 3.39. The van der Waals surface area contributed by atoms with Crippen LogP contribution in [0.5, 0.6) is 0 Å². The molecule has 0 saturated carbocycles. The minimum Gasteiger partial charge on any atom is -0.313 e. The zero-order valence-electron chi connectivity index (χ0n) is 6.47. The Morgan fingerprint density at radius 1 is 1.50 bits per heavy atom. The predicted octanol–water partition coefficient (Wildman–Crippen LogP) is 1.18. The van der Waals surface area contributed by atoms with Gasteiger partial charge in [0.25, 0.3) is 0 Å². The second kappa shape index (κ2) is 3.14. The molecule has 1 aliphatic heterocycles. The van der Waals surface area contributed by atoms with Crippen molar-refractivity contribution in [1.82, 2.24) is 5.32 Å². The van der Waals surface area contributed by atoms with Crippen molar-refractivity contribution in [2.24, 2.45) is 5.92 Å². The molecule has 1 heterocycles. The lowest BCUT2D eigenvalue weighted by Crippen LogP contribution is -2.47. The van der Waals surface area contributed by atoms with Crippen LogP contribution in [0.2, 0.25) is 5.82 Å². The summed E-state index contributed by atoms with van der Waals surface area (Å²) in [6.07, 6.45) is 0. The van der Waals surface area contributed by atoms with E-state index >= 15 is 0 Å². The van der Waals surface area contributed by atoms with Crippen LogP contribution in [-0.2, 0) is 0 Å². The summed E-state index contributed by atoms with van der Waals surface area (Å²) in [6.45, 7) is 5.19. The molecule has 0 aliphatic carbocycles. The minimum atomic E-state index is 0.0868. The van der Waals surface area contributed by atoms with E-state index in [1.165, 1.54) is 0 Å². The molecular formula is C7H13BClN. The summed E-state index contributed by atoms with van der Waals surface area (Å²) in [4.78, 5) is 0. The monoisotopic (exact) mass is 157 g/mol. The first-order chi connectivity index (χ1) is 4.63. The zero-order chi connectivity index (χ0) is 7.72. The van der Waals surface area contributed by atoms with Gasteiger partial charge in [-0.25, -0.2) is 0 Å². The normalized spacial score (nSPS) is 49.1. The van der Waals surface area contributed by atoms with Crippen LogP contribution in [0.1, 0.15) is 13.8 Å². The summed E-state index contributed by atoms with van der Waals surface area (Å²) in [5.41, 5.74) is 0. The smallest absolute Gasteiger partial charge is 0.0724 e. The fourth-order valence-corrected chi connectivity index (χ4v) is 1.61. The molecule has 1 fully saturated rings. The highest BCUT2D eigenvalue weighted by molar-refractivity contribution is 6.27. The molecule has 0 spiro atoms. The Labute approximate surface area is 68.9 Å². The van der Waals surface area contributed by atoms with E-state index in [0.717, 1.165) is 6.54 Å². The molecule has 1 aliphatic rings. The van der Waals surface area contributed by atoms with Crippen LogP contribution in [0, 0.1) is 5.92 Å². The fraction of sp³-hybridized carbons (Fsp3) is 1.00. The highest BCUT2D eigenvalue weighted by atomic mass is 35.5. The van der Waals surface area contributed by atoms with Crippen molar-refractivity contribution in [3.63, 3.8) is 0 Å². The molecule has 0 aromatic heterocycles. The first-order valence-corrected chi connectivity index (χ1v) is 4.19. The zero-order valence-corrected chi connectivity index (χ0v) is 7.23. The Hall–Kier alpha value is 0.315. The maximum Gasteiger partial charge on any atom is 0.0724 e. The molecule has 1 saturated heterocycles. The summed E-state index contributed by atoms with van der Waals surface area (Å²) in [5.74, 6) is 0.650. The maximum absolute atomic E-state index is 6.02. The number of alkyl halides is 1. The van der Waals surface area contributed by atoms with Gasteiger partial charge in [-0.3, -0.25) is 0 Å². The van der Waals surface area contributed by atoms with Gasteiger partial charge in [-0.2, -0.15) is 0 Å². The van der Waals surface area contributed by atoms with E-state index in [0.29, 0.717) is 12.0 Å². The van der Waals surface area contributed by atoms with Crippen LogP contribution >= 0.6 is 11.6 Å². The Bertz CT molecular complexity index is 106. The summed E-state index contributed by atoms with van der Waals surface area (Å²) in [6, 6.07) is 0.355. The minimum absolute atomic E-state index is 0.0868. The van der Waals surface area contributed by atoms with E-state index in [1.807, 2.05) is 0 Å². The second-order valence-electron chi connectivity index (χ2n) is 3.20. The van der Waals surface area contributed by atoms with E-state index in [2.05, 4.69) is 19.2 Å². The number of halogens is 1. The van der Waals surface area contributed by atoms with Gasteiger partial charge in [-0.15, -0.1) is 11.6 Å². The first-order valence-electron chi connectivity index (χ1n) is 3.76. The lowest BCUT2D eigenvalue weighted by Gasteiger charge is -2.36. The number of piperidine rings is 1. The fourth-order valence-electron chi connectivity index (χ4n) is 1.27. The number of hydrogen-bond acceptors (Lipinski definition) is 1. The van der Waals surface area contributed by atoms with Crippen LogP contribution in [0.15, 0.2) is 0 Å². The molecule has 1 N–H and O–H groups in total. The first kappa shape index (κ1) is 8.41. The van der Waals surface area contributed by atoms with Crippen molar-refractivity contribution in [3.8, 4) is 0 Å². The molecule has 1 nitrogen and oxygen atoms in total. The van der Waals surface area contributed by atoms with Crippen LogP contribution in [-0.4, -0.2) is 25.8 Å². The molecule has 4 atom stereocenters. The van der Waals surface area contributed by atoms with Crippen LogP contribution in [0.3, 0.4) is 0 Å². The van der Waals surface area contributed by atoms with Gasteiger partial charge in [-0.05, 0) is 19.4 Å². The lowest BCUT2D eigenvalue weighted by atomic mass is 9.71. The molecule has 0 amide bonds. The molecule has 2 radical (unpaired) electrons. The predicted molar refractivity (Wildman–Crippen MR) is 45.8 cm³/mol. The van der Waals surface area contributed by atoms with Gasteiger partial charge in [0.05, 0.1) is 7.85 Å². The van der Waals surface area contributed by atoms with Gasteiger partial charge >= 0.3 is 0 Å². The van der Waals surface area contributed by atoms with Gasteiger partial charge < -0.3 is 5.32 Å². The average Bonchev–Trinajstić information content (AvgIpc) is 1.93. The van der Waals surface area contributed by atoms with Gasteiger partial charge in [0, 0.05) is 11.4 Å². The topological polar surface area (TPSA) is 12.0 Å². The van der Waals surface area contributed by atoms with Crippen molar-refractivity contribution in [2.45, 2.75) is 31.1 Å². The summed E-state index contributed by atoms with van der Waals surface area (Å²) in [7, 11) is 5.84. The maximum atomic E-state index is 6.02. The molecule has 10 heavy (non-hydrogen) atoms. The third-order valence-electron chi connectivity index (χ3n) is 2.26. The van der Waals surface area contributed by atoms with Crippen molar-refractivity contribution in [2.75, 3.05) is 6.54 Å². The van der Waals surface area contributed by atoms with Gasteiger partial charge in [0.15, 0.2) is 0 Å². The molecular weight excluding hydrogens is 144 g/mol. The Morgan fingerprint density at radius 2 is 2.10 bits per heavy atom. The molecule has 0 bridgehead atoms. The van der Waals surface area contributed by atoms with Crippen molar-refractivity contribution in [3.05, 3.63) is 0 Å². The van der Waals surface area contributed by atoms with Crippen LogP contribution in [0.4, 0.5) is 0 Å². The van der Waals surface area contributed by atoms with Crippen molar-refractivity contribution >= 4 is 19.4 Å². The standard InChI is InChI=1S/C7H13BClN/c1-4-3-10-5(2)7(9)6(4)8/h4-7,10H,3H2,1-2H3. The van der Waals surface area contributed by atoms with Crippen molar-refractivity contribution < 1.29 is 0 Å². The van der Waals surface area contributed by atoms with Gasteiger partial charge in [0.1, 0.15) is 0 Å². The van der Waals surface area contributed by atoms with E-state index in [4.69, 9.17) is 19.4 Å². The quantitative estimate of drug-likeness (QED) is 0.411. The Kier molecular flexibility index (Phi) is 2.64. The Balaban J connectivity index is 2.52. The molecule has 1 rings (SSSR count). The number of hydrogen-bond donors (Lipinski definition) is 1. The van der Waals surface area contributed by atoms with E-state index in [-0.39, 0.29) is 11.2 Å². The summed E-state index contributed by atoms with van der Waals surface area (Å²) >= 11 is 6.02. The van der Waals surface area contributed by atoms with Crippen LogP contribution < -0.4 is 5.32 Å². The molecule has 0 aromatic rings. The van der Waals surface area contributed by atoms with Gasteiger partial charge in [0.2, 0.25) is 0 Å². The van der Waals surface area contributed by atoms with E-state index < -0.39 is 0 Å². The third kappa shape index (κ3) is 1.48. The third-order valence-corrected chi connectivity index (χ3v) is 2.93.